The van der Waals surface area contributed by atoms with Gasteiger partial charge in [0.2, 0.25) is 0 Å². The monoisotopic (exact) mass is 430 g/mol. The number of aliphatic hydroxyl groups excluding tert-OH is 1. The second kappa shape index (κ2) is 8.75. The summed E-state index contributed by atoms with van der Waals surface area (Å²) in [5, 5.41) is 11.2. The molecule has 3 aromatic rings. The fourth-order valence-corrected chi connectivity index (χ4v) is 4.03. The first-order chi connectivity index (χ1) is 15.4. The van der Waals surface area contributed by atoms with Gasteiger partial charge >= 0.3 is 0 Å². The molecule has 1 aliphatic rings. The topological polar surface area (TPSA) is 70.5 Å². The molecule has 1 aromatic heterocycles. The zero-order valence-corrected chi connectivity index (χ0v) is 17.9. The minimum atomic E-state index is -0.760. The summed E-state index contributed by atoms with van der Waals surface area (Å²) in [7, 11) is 0. The molecule has 5 nitrogen and oxygen atoms in total. The molecule has 0 radical (unpaired) electrons. The second-order valence-electron chi connectivity index (χ2n) is 7.97. The number of benzene rings is 2. The SMILES string of the molecule is Cc1ccc(C)c(/C(O)=C2\C(=O)C(=O)N(CCc3ccc(F)cc3)C2c2cccnc2)c1. The van der Waals surface area contributed by atoms with Crippen molar-refractivity contribution < 1.29 is 19.1 Å². The normalized spacial score (nSPS) is 17.7. The van der Waals surface area contributed by atoms with Gasteiger partial charge in [-0.2, -0.15) is 0 Å². The largest absolute Gasteiger partial charge is 0.507 e. The van der Waals surface area contributed by atoms with Crippen LogP contribution in [0.5, 0.6) is 0 Å². The molecular weight excluding hydrogens is 407 g/mol. The van der Waals surface area contributed by atoms with Gasteiger partial charge in [0.25, 0.3) is 11.7 Å². The Kier molecular flexibility index (Phi) is 5.86. The van der Waals surface area contributed by atoms with Crippen LogP contribution in [0.4, 0.5) is 4.39 Å². The van der Waals surface area contributed by atoms with Crippen LogP contribution < -0.4 is 0 Å². The van der Waals surface area contributed by atoms with Gasteiger partial charge in [-0.25, -0.2) is 4.39 Å². The van der Waals surface area contributed by atoms with Gasteiger partial charge in [-0.1, -0.05) is 35.9 Å². The number of ketones is 1. The van der Waals surface area contributed by atoms with Gasteiger partial charge in [0.15, 0.2) is 0 Å². The lowest BCUT2D eigenvalue weighted by Gasteiger charge is -2.25. The zero-order valence-electron chi connectivity index (χ0n) is 17.9. The van der Waals surface area contributed by atoms with E-state index in [9.17, 15) is 19.1 Å². The predicted molar refractivity (Wildman–Crippen MR) is 119 cm³/mol. The van der Waals surface area contributed by atoms with Gasteiger partial charge in [-0.15, -0.1) is 0 Å². The molecule has 1 amide bonds. The Balaban J connectivity index is 1.79. The fourth-order valence-electron chi connectivity index (χ4n) is 4.03. The first-order valence-electron chi connectivity index (χ1n) is 10.4. The number of amides is 1. The molecule has 1 atom stereocenters. The van der Waals surface area contributed by atoms with Gasteiger partial charge in [0, 0.05) is 24.5 Å². The molecule has 0 bridgehead atoms. The van der Waals surface area contributed by atoms with Crippen LogP contribution in [-0.4, -0.2) is 33.2 Å². The van der Waals surface area contributed by atoms with E-state index in [1.165, 1.54) is 17.0 Å². The van der Waals surface area contributed by atoms with Crippen LogP contribution in [0.25, 0.3) is 5.76 Å². The third-order valence-corrected chi connectivity index (χ3v) is 5.74. The number of carbonyl (C=O) groups is 2. The predicted octanol–water partition coefficient (Wildman–Crippen LogP) is 4.50. The van der Waals surface area contributed by atoms with Gasteiger partial charge in [0.05, 0.1) is 11.6 Å². The lowest BCUT2D eigenvalue weighted by molar-refractivity contribution is -0.139. The lowest BCUT2D eigenvalue weighted by Crippen LogP contribution is -2.31. The molecule has 162 valence electrons. The third-order valence-electron chi connectivity index (χ3n) is 5.74. The summed E-state index contributed by atoms with van der Waals surface area (Å²) in [6.45, 7) is 3.98. The van der Waals surface area contributed by atoms with E-state index in [1.54, 1.807) is 42.7 Å². The zero-order chi connectivity index (χ0) is 22.8. The van der Waals surface area contributed by atoms with Crippen molar-refractivity contribution in [1.82, 2.24) is 9.88 Å². The van der Waals surface area contributed by atoms with E-state index in [0.29, 0.717) is 17.5 Å². The number of carbonyl (C=O) groups excluding carboxylic acids is 2. The van der Waals surface area contributed by atoms with Crippen molar-refractivity contribution in [3.63, 3.8) is 0 Å². The minimum absolute atomic E-state index is 0.0517. The van der Waals surface area contributed by atoms with Crippen LogP contribution in [0.2, 0.25) is 0 Å². The van der Waals surface area contributed by atoms with Crippen LogP contribution in [0.3, 0.4) is 0 Å². The van der Waals surface area contributed by atoms with Crippen molar-refractivity contribution in [3.8, 4) is 0 Å². The average Bonchev–Trinajstić information content (AvgIpc) is 3.05. The van der Waals surface area contributed by atoms with E-state index in [4.69, 9.17) is 0 Å². The summed E-state index contributed by atoms with van der Waals surface area (Å²) in [4.78, 5) is 31.7. The summed E-state index contributed by atoms with van der Waals surface area (Å²) >= 11 is 0. The Morgan fingerprint density at radius 1 is 1.09 bits per heavy atom. The molecule has 1 N–H and O–H groups in total. The molecule has 0 aliphatic carbocycles. The number of aliphatic hydroxyl groups is 1. The molecule has 4 rings (SSSR count). The molecule has 1 unspecified atom stereocenters. The van der Waals surface area contributed by atoms with E-state index in [0.717, 1.165) is 16.7 Å². The second-order valence-corrected chi connectivity index (χ2v) is 7.97. The van der Waals surface area contributed by atoms with Crippen LogP contribution in [0.1, 0.15) is 33.9 Å². The standard InChI is InChI=1S/C26H23FN2O3/c1-16-5-6-17(2)21(14-16)24(30)22-23(19-4-3-12-28-15-19)29(26(32)25(22)31)13-11-18-7-9-20(27)10-8-18/h3-10,12,14-15,23,30H,11,13H2,1-2H3/b24-22+. The Bertz CT molecular complexity index is 1200. The number of aryl methyl sites for hydroxylation is 2. The fraction of sp³-hybridized carbons (Fsp3) is 0.192. The van der Waals surface area contributed by atoms with Gasteiger partial charge in [-0.05, 0) is 61.2 Å². The molecule has 0 saturated carbocycles. The summed E-state index contributed by atoms with van der Waals surface area (Å²) in [5.41, 5.74) is 3.79. The highest BCUT2D eigenvalue weighted by molar-refractivity contribution is 6.46. The molecule has 2 heterocycles. The number of likely N-dealkylation sites (tertiary alicyclic amines) is 1. The number of pyridine rings is 1. The van der Waals surface area contributed by atoms with Crippen molar-refractivity contribution in [2.24, 2.45) is 0 Å². The first kappa shape index (κ1) is 21.4. The summed E-state index contributed by atoms with van der Waals surface area (Å²) < 4.78 is 13.2. The molecule has 2 aromatic carbocycles. The quantitative estimate of drug-likeness (QED) is 0.368. The average molecular weight is 430 g/mol. The van der Waals surface area contributed by atoms with Crippen molar-refractivity contribution in [2.45, 2.75) is 26.3 Å². The molecule has 1 aliphatic heterocycles. The van der Waals surface area contributed by atoms with Crippen molar-refractivity contribution >= 4 is 17.4 Å². The number of aromatic nitrogens is 1. The third kappa shape index (κ3) is 4.04. The summed E-state index contributed by atoms with van der Waals surface area (Å²) in [6, 6.07) is 14.4. The molecule has 32 heavy (non-hydrogen) atoms. The van der Waals surface area contributed by atoms with E-state index in [-0.39, 0.29) is 23.7 Å². The maximum absolute atomic E-state index is 13.2. The van der Waals surface area contributed by atoms with E-state index < -0.39 is 17.7 Å². The summed E-state index contributed by atoms with van der Waals surface area (Å²) in [5.74, 6) is -1.93. The van der Waals surface area contributed by atoms with E-state index in [1.807, 2.05) is 26.0 Å². The van der Waals surface area contributed by atoms with Crippen molar-refractivity contribution in [1.29, 1.82) is 0 Å². The van der Waals surface area contributed by atoms with E-state index >= 15 is 0 Å². The number of hydrogen-bond donors (Lipinski definition) is 1. The van der Waals surface area contributed by atoms with E-state index in [2.05, 4.69) is 4.98 Å². The van der Waals surface area contributed by atoms with Gasteiger partial charge < -0.3 is 10.0 Å². The van der Waals surface area contributed by atoms with Crippen molar-refractivity contribution in [3.05, 3.63) is 106 Å². The first-order valence-corrected chi connectivity index (χ1v) is 10.4. The molecular formula is C26H23FN2O3. The summed E-state index contributed by atoms with van der Waals surface area (Å²) in [6.07, 6.45) is 3.64. The number of nitrogens with zero attached hydrogens (tertiary/aromatic N) is 2. The minimum Gasteiger partial charge on any atom is -0.507 e. The Labute approximate surface area is 185 Å². The number of halogens is 1. The molecule has 6 heteroatoms. The maximum Gasteiger partial charge on any atom is 0.295 e. The van der Waals surface area contributed by atoms with Crippen LogP contribution in [0.15, 0.2) is 72.6 Å². The molecule has 1 saturated heterocycles. The Morgan fingerprint density at radius 3 is 2.53 bits per heavy atom. The van der Waals surface area contributed by atoms with Crippen LogP contribution >= 0.6 is 0 Å². The Morgan fingerprint density at radius 2 is 1.84 bits per heavy atom. The number of rotatable bonds is 5. The smallest absolute Gasteiger partial charge is 0.295 e. The lowest BCUT2D eigenvalue weighted by atomic mass is 9.94. The van der Waals surface area contributed by atoms with Crippen LogP contribution in [-0.2, 0) is 16.0 Å². The highest BCUT2D eigenvalue weighted by Gasteiger charge is 2.46. The number of hydrogen-bond acceptors (Lipinski definition) is 4. The maximum atomic E-state index is 13.2. The highest BCUT2D eigenvalue weighted by atomic mass is 19.1. The van der Waals surface area contributed by atoms with Gasteiger partial charge in [0.1, 0.15) is 11.6 Å². The van der Waals surface area contributed by atoms with Crippen LogP contribution in [0, 0.1) is 19.7 Å². The highest BCUT2D eigenvalue weighted by Crippen LogP contribution is 2.39. The van der Waals surface area contributed by atoms with Crippen molar-refractivity contribution in [2.75, 3.05) is 6.54 Å². The molecule has 1 fully saturated rings. The van der Waals surface area contributed by atoms with Gasteiger partial charge in [-0.3, -0.25) is 14.6 Å². The molecule has 0 spiro atoms. The number of Topliss-reactive ketones (excluding diaryl/α,β-unsaturated/α-hetero) is 1. The Hall–Kier alpha value is -3.80.